The molecular weight excluding hydrogens is 389 g/mol. The standard InChI is InChI=1S/C21H18ClF3N2O/c22-11-16-7-6-15(10-18(16)28-13-14-4-2-1-3-5-14)20-26-19(21(23,24)25)12-27(20)17-8-9-17/h1-7,10,12,17H,8-9,11,13H2. The highest BCUT2D eigenvalue weighted by atomic mass is 35.5. The van der Waals surface area contributed by atoms with Gasteiger partial charge in [-0.3, -0.25) is 0 Å². The van der Waals surface area contributed by atoms with E-state index in [1.54, 1.807) is 22.8 Å². The number of rotatable bonds is 6. The maximum Gasteiger partial charge on any atom is 0.434 e. The molecule has 0 aliphatic heterocycles. The molecule has 0 spiro atoms. The van der Waals surface area contributed by atoms with Gasteiger partial charge in [-0.15, -0.1) is 11.6 Å². The van der Waals surface area contributed by atoms with Crippen LogP contribution in [0.2, 0.25) is 0 Å². The minimum absolute atomic E-state index is 0.0694. The minimum atomic E-state index is -4.47. The van der Waals surface area contributed by atoms with Crippen molar-refractivity contribution in [3.05, 3.63) is 71.5 Å². The van der Waals surface area contributed by atoms with Gasteiger partial charge in [-0.05, 0) is 24.5 Å². The second kappa shape index (κ2) is 7.51. The van der Waals surface area contributed by atoms with E-state index in [1.807, 2.05) is 30.3 Å². The summed E-state index contributed by atoms with van der Waals surface area (Å²) in [4.78, 5) is 3.88. The average molecular weight is 407 g/mol. The molecule has 1 saturated carbocycles. The largest absolute Gasteiger partial charge is 0.489 e. The van der Waals surface area contributed by atoms with E-state index in [0.717, 1.165) is 30.2 Å². The van der Waals surface area contributed by atoms with Gasteiger partial charge in [0.2, 0.25) is 0 Å². The minimum Gasteiger partial charge on any atom is -0.489 e. The number of halogens is 4. The van der Waals surface area contributed by atoms with Crippen molar-refractivity contribution in [2.24, 2.45) is 0 Å². The Balaban J connectivity index is 1.68. The molecule has 1 aromatic heterocycles. The summed E-state index contributed by atoms with van der Waals surface area (Å²) in [5.41, 5.74) is 1.48. The van der Waals surface area contributed by atoms with Crippen LogP contribution in [-0.4, -0.2) is 9.55 Å². The number of aromatic nitrogens is 2. The third-order valence-corrected chi connectivity index (χ3v) is 4.96. The molecule has 7 heteroatoms. The highest BCUT2D eigenvalue weighted by Gasteiger charge is 2.37. The molecule has 1 heterocycles. The van der Waals surface area contributed by atoms with Crippen molar-refractivity contribution in [3.8, 4) is 17.1 Å². The van der Waals surface area contributed by atoms with Crippen molar-refractivity contribution < 1.29 is 17.9 Å². The second-order valence-corrected chi connectivity index (χ2v) is 7.08. The van der Waals surface area contributed by atoms with E-state index in [0.29, 0.717) is 23.7 Å². The summed E-state index contributed by atoms with van der Waals surface area (Å²) in [5.74, 6) is 1.10. The van der Waals surface area contributed by atoms with Crippen molar-refractivity contribution in [1.29, 1.82) is 0 Å². The Hall–Kier alpha value is -2.47. The lowest BCUT2D eigenvalue weighted by molar-refractivity contribution is -0.140. The Morgan fingerprint density at radius 2 is 1.86 bits per heavy atom. The Morgan fingerprint density at radius 1 is 1.11 bits per heavy atom. The smallest absolute Gasteiger partial charge is 0.434 e. The summed E-state index contributed by atoms with van der Waals surface area (Å²) in [5, 5.41) is 0. The zero-order chi connectivity index (χ0) is 19.7. The normalized spacial score (nSPS) is 14.3. The molecule has 1 fully saturated rings. The van der Waals surface area contributed by atoms with Gasteiger partial charge in [0.1, 0.15) is 18.2 Å². The summed E-state index contributed by atoms with van der Waals surface area (Å²) < 4.78 is 47.1. The summed E-state index contributed by atoms with van der Waals surface area (Å²) >= 11 is 6.02. The molecule has 0 amide bonds. The molecule has 0 atom stereocenters. The quantitative estimate of drug-likeness (QED) is 0.454. The number of nitrogens with zero attached hydrogens (tertiary/aromatic N) is 2. The number of ether oxygens (including phenoxy) is 1. The summed E-state index contributed by atoms with van der Waals surface area (Å²) in [6, 6.07) is 15.0. The number of benzene rings is 2. The number of hydrogen-bond donors (Lipinski definition) is 0. The molecule has 3 aromatic rings. The monoisotopic (exact) mass is 406 g/mol. The first-order valence-electron chi connectivity index (χ1n) is 8.98. The predicted molar refractivity (Wildman–Crippen MR) is 101 cm³/mol. The van der Waals surface area contributed by atoms with Crippen LogP contribution in [0.1, 0.15) is 35.7 Å². The van der Waals surface area contributed by atoms with E-state index >= 15 is 0 Å². The van der Waals surface area contributed by atoms with Gasteiger partial charge in [0.15, 0.2) is 5.69 Å². The van der Waals surface area contributed by atoms with Crippen LogP contribution in [-0.2, 0) is 18.7 Å². The first-order valence-corrected chi connectivity index (χ1v) is 9.51. The summed E-state index contributed by atoms with van der Waals surface area (Å²) in [6.07, 6.45) is -1.65. The van der Waals surface area contributed by atoms with E-state index in [2.05, 4.69) is 4.98 Å². The fraction of sp³-hybridized carbons (Fsp3) is 0.286. The molecule has 28 heavy (non-hydrogen) atoms. The van der Waals surface area contributed by atoms with Gasteiger partial charge in [-0.1, -0.05) is 42.5 Å². The number of hydrogen-bond acceptors (Lipinski definition) is 2. The Bertz CT molecular complexity index is 966. The van der Waals surface area contributed by atoms with Crippen molar-refractivity contribution in [2.45, 2.75) is 37.5 Å². The third-order valence-electron chi connectivity index (χ3n) is 4.67. The Labute approximate surface area is 165 Å². The van der Waals surface area contributed by atoms with Gasteiger partial charge in [-0.2, -0.15) is 13.2 Å². The lowest BCUT2D eigenvalue weighted by Crippen LogP contribution is -2.05. The Morgan fingerprint density at radius 3 is 2.50 bits per heavy atom. The molecule has 3 nitrogen and oxygen atoms in total. The van der Waals surface area contributed by atoms with Crippen LogP contribution >= 0.6 is 11.6 Å². The van der Waals surface area contributed by atoms with Crippen LogP contribution in [0.15, 0.2) is 54.7 Å². The van der Waals surface area contributed by atoms with Crippen molar-refractivity contribution >= 4 is 11.6 Å². The van der Waals surface area contributed by atoms with Gasteiger partial charge in [0, 0.05) is 23.4 Å². The van der Waals surface area contributed by atoms with E-state index < -0.39 is 11.9 Å². The van der Waals surface area contributed by atoms with Crippen LogP contribution in [0.3, 0.4) is 0 Å². The van der Waals surface area contributed by atoms with Crippen LogP contribution in [0.25, 0.3) is 11.4 Å². The van der Waals surface area contributed by atoms with E-state index in [9.17, 15) is 13.2 Å². The lowest BCUT2D eigenvalue weighted by atomic mass is 10.1. The molecule has 4 rings (SSSR count). The zero-order valence-corrected chi connectivity index (χ0v) is 15.7. The third kappa shape index (κ3) is 4.02. The van der Waals surface area contributed by atoms with Gasteiger partial charge in [-0.25, -0.2) is 4.98 Å². The number of imidazole rings is 1. The molecule has 1 aliphatic rings. The van der Waals surface area contributed by atoms with Crippen LogP contribution < -0.4 is 4.74 Å². The second-order valence-electron chi connectivity index (χ2n) is 6.82. The molecule has 2 aromatic carbocycles. The van der Waals surface area contributed by atoms with Crippen molar-refractivity contribution in [3.63, 3.8) is 0 Å². The molecular formula is C21H18ClF3N2O. The molecule has 0 unspecified atom stereocenters. The van der Waals surface area contributed by atoms with Gasteiger partial charge >= 0.3 is 6.18 Å². The van der Waals surface area contributed by atoms with Gasteiger partial charge in [0.25, 0.3) is 0 Å². The fourth-order valence-electron chi connectivity index (χ4n) is 3.05. The highest BCUT2D eigenvalue weighted by Crippen LogP contribution is 2.41. The van der Waals surface area contributed by atoms with Crippen LogP contribution in [0.5, 0.6) is 5.75 Å². The molecule has 0 radical (unpaired) electrons. The topological polar surface area (TPSA) is 27.1 Å². The highest BCUT2D eigenvalue weighted by molar-refractivity contribution is 6.17. The number of alkyl halides is 4. The fourth-order valence-corrected chi connectivity index (χ4v) is 3.27. The summed E-state index contributed by atoms with van der Waals surface area (Å²) in [6.45, 7) is 0.346. The Kier molecular flexibility index (Phi) is 5.06. The molecule has 0 N–H and O–H groups in total. The average Bonchev–Trinajstić information content (AvgIpc) is 3.43. The first kappa shape index (κ1) is 18.9. The molecule has 0 saturated heterocycles. The molecule has 146 valence electrons. The van der Waals surface area contributed by atoms with Crippen molar-refractivity contribution in [1.82, 2.24) is 9.55 Å². The maximum absolute atomic E-state index is 13.2. The van der Waals surface area contributed by atoms with E-state index in [-0.39, 0.29) is 11.9 Å². The van der Waals surface area contributed by atoms with Gasteiger partial charge < -0.3 is 9.30 Å². The van der Waals surface area contributed by atoms with E-state index in [1.165, 1.54) is 0 Å². The first-order chi connectivity index (χ1) is 13.5. The SMILES string of the molecule is FC(F)(F)c1cn(C2CC2)c(-c2ccc(CCl)c(OCc3ccccc3)c2)n1. The van der Waals surface area contributed by atoms with Crippen molar-refractivity contribution in [2.75, 3.05) is 0 Å². The van der Waals surface area contributed by atoms with Gasteiger partial charge in [0.05, 0.1) is 5.88 Å². The predicted octanol–water partition coefficient (Wildman–Crippen LogP) is 6.22. The van der Waals surface area contributed by atoms with Crippen LogP contribution in [0.4, 0.5) is 13.2 Å². The van der Waals surface area contributed by atoms with E-state index in [4.69, 9.17) is 16.3 Å². The molecule has 0 bridgehead atoms. The zero-order valence-electron chi connectivity index (χ0n) is 14.9. The van der Waals surface area contributed by atoms with Crippen LogP contribution in [0, 0.1) is 0 Å². The maximum atomic E-state index is 13.2. The molecule has 1 aliphatic carbocycles. The lowest BCUT2D eigenvalue weighted by Gasteiger charge is -2.13. The summed E-state index contributed by atoms with van der Waals surface area (Å²) in [7, 11) is 0.